The van der Waals surface area contributed by atoms with Crippen LogP contribution in [0.3, 0.4) is 0 Å². The minimum absolute atomic E-state index is 0.0632. The van der Waals surface area contributed by atoms with E-state index >= 15 is 0 Å². The van der Waals surface area contributed by atoms with Crippen LogP contribution in [0, 0.1) is 0 Å². The van der Waals surface area contributed by atoms with Crippen LogP contribution in [-0.4, -0.2) is 42.0 Å². The van der Waals surface area contributed by atoms with Crippen molar-refractivity contribution in [3.8, 4) is 5.75 Å². The summed E-state index contributed by atoms with van der Waals surface area (Å²) in [6.07, 6.45) is 1.30. The van der Waals surface area contributed by atoms with Gasteiger partial charge >= 0.3 is 5.97 Å². The number of nitrogens with zero attached hydrogens (tertiary/aromatic N) is 1. The van der Waals surface area contributed by atoms with Crippen LogP contribution in [0.4, 0.5) is 0 Å². The minimum Gasteiger partial charge on any atom is -0.494 e. The summed E-state index contributed by atoms with van der Waals surface area (Å²) < 4.78 is 10.2. The van der Waals surface area contributed by atoms with Gasteiger partial charge < -0.3 is 14.4 Å². The first-order valence-electron chi connectivity index (χ1n) is 7.45. The highest BCUT2D eigenvalue weighted by atomic mass is 32.2. The molecule has 1 amide bonds. The van der Waals surface area contributed by atoms with Crippen LogP contribution >= 0.6 is 11.8 Å². The largest absolute Gasteiger partial charge is 0.494 e. The average Bonchev–Trinajstić information content (AvgIpc) is 2.89. The molecule has 0 atom stereocenters. The second-order valence-electron chi connectivity index (χ2n) is 5.09. The summed E-state index contributed by atoms with van der Waals surface area (Å²) in [5, 5.41) is 0.530. The van der Waals surface area contributed by atoms with Crippen LogP contribution in [0.25, 0.3) is 0 Å². The maximum atomic E-state index is 12.2. The lowest BCUT2D eigenvalue weighted by Crippen LogP contribution is -2.25. The lowest BCUT2D eigenvalue weighted by atomic mass is 10.1. The summed E-state index contributed by atoms with van der Waals surface area (Å²) in [7, 11) is 1.29. The number of benzene rings is 1. The SMILES string of the molecule is CCOc1ccc(C(C)=O)cc1CN1C(=O)CSC1=CC(=O)OC. The Balaban J connectivity index is 2.34. The molecule has 0 saturated carbocycles. The number of thioether (sulfide) groups is 1. The van der Waals surface area contributed by atoms with E-state index in [1.807, 2.05) is 6.92 Å². The van der Waals surface area contributed by atoms with Crippen LogP contribution in [0.5, 0.6) is 5.75 Å². The van der Waals surface area contributed by atoms with Gasteiger partial charge in [-0.1, -0.05) is 11.8 Å². The number of amides is 1. The first-order chi connectivity index (χ1) is 11.5. The first-order valence-corrected chi connectivity index (χ1v) is 8.44. The van der Waals surface area contributed by atoms with E-state index in [0.717, 1.165) is 5.56 Å². The number of carbonyl (C=O) groups excluding carboxylic acids is 3. The van der Waals surface area contributed by atoms with Crippen molar-refractivity contribution in [2.24, 2.45) is 0 Å². The fraction of sp³-hybridized carbons (Fsp3) is 0.353. The lowest BCUT2D eigenvalue weighted by molar-refractivity contribution is -0.134. The van der Waals surface area contributed by atoms with E-state index in [4.69, 9.17) is 4.74 Å². The summed E-state index contributed by atoms with van der Waals surface area (Å²) in [5.74, 6) is 0.195. The number of hydrogen-bond acceptors (Lipinski definition) is 6. The number of ether oxygens (including phenoxy) is 2. The predicted molar refractivity (Wildman–Crippen MR) is 90.7 cm³/mol. The van der Waals surface area contributed by atoms with Crippen molar-refractivity contribution in [1.82, 2.24) is 4.90 Å². The Hall–Kier alpha value is -2.28. The molecule has 0 radical (unpaired) electrons. The highest BCUT2D eigenvalue weighted by molar-refractivity contribution is 8.04. The average molecular weight is 349 g/mol. The molecule has 0 N–H and O–H groups in total. The Kier molecular flexibility index (Phi) is 6.03. The van der Waals surface area contributed by atoms with E-state index < -0.39 is 5.97 Å². The molecule has 24 heavy (non-hydrogen) atoms. The molecule has 1 heterocycles. The minimum atomic E-state index is -0.514. The molecule has 6 nitrogen and oxygen atoms in total. The van der Waals surface area contributed by atoms with Gasteiger partial charge in [-0.05, 0) is 32.0 Å². The van der Waals surface area contributed by atoms with Crippen LogP contribution in [0.15, 0.2) is 29.3 Å². The second kappa shape index (κ2) is 8.01. The standard InChI is InChI=1S/C17H19NO5S/c1-4-23-14-6-5-12(11(2)19)7-13(14)9-18-15(20)10-24-16(18)8-17(21)22-3/h5-8H,4,9-10H2,1-3H3. The van der Waals surface area contributed by atoms with Crippen molar-refractivity contribution in [3.63, 3.8) is 0 Å². The maximum Gasteiger partial charge on any atom is 0.333 e. The number of hydrogen-bond donors (Lipinski definition) is 0. The lowest BCUT2D eigenvalue weighted by Gasteiger charge is -2.19. The second-order valence-corrected chi connectivity index (χ2v) is 6.08. The van der Waals surface area contributed by atoms with Crippen molar-refractivity contribution in [1.29, 1.82) is 0 Å². The third kappa shape index (κ3) is 4.17. The van der Waals surface area contributed by atoms with Gasteiger partial charge in [0.1, 0.15) is 5.75 Å². The molecule has 7 heteroatoms. The zero-order chi connectivity index (χ0) is 17.7. The summed E-state index contributed by atoms with van der Waals surface area (Å²) in [6.45, 7) is 4.05. The molecule has 1 aromatic rings. The third-order valence-corrected chi connectivity index (χ3v) is 4.47. The molecular weight excluding hydrogens is 330 g/mol. The summed E-state index contributed by atoms with van der Waals surface area (Å²) in [5.41, 5.74) is 1.27. The number of rotatable bonds is 6. The number of methoxy groups -OCH3 is 1. The normalized spacial score (nSPS) is 15.7. The van der Waals surface area contributed by atoms with Gasteiger partial charge in [-0.2, -0.15) is 0 Å². The molecule has 0 unspecified atom stereocenters. The summed E-state index contributed by atoms with van der Waals surface area (Å²) in [6, 6.07) is 5.15. The quantitative estimate of drug-likeness (QED) is 0.446. The molecule has 0 bridgehead atoms. The zero-order valence-electron chi connectivity index (χ0n) is 13.8. The zero-order valence-corrected chi connectivity index (χ0v) is 14.6. The predicted octanol–water partition coefficient (Wildman–Crippen LogP) is 2.38. The highest BCUT2D eigenvalue weighted by Crippen LogP contribution is 2.32. The topological polar surface area (TPSA) is 72.9 Å². The van der Waals surface area contributed by atoms with Crippen molar-refractivity contribution in [3.05, 3.63) is 40.4 Å². The van der Waals surface area contributed by atoms with E-state index in [1.54, 1.807) is 18.2 Å². The van der Waals surface area contributed by atoms with Crippen molar-refractivity contribution >= 4 is 29.4 Å². The molecule has 1 saturated heterocycles. The van der Waals surface area contributed by atoms with Crippen LogP contribution in [0.2, 0.25) is 0 Å². The number of esters is 1. The Morgan fingerprint density at radius 1 is 1.38 bits per heavy atom. The number of ketones is 1. The van der Waals surface area contributed by atoms with Gasteiger partial charge in [0, 0.05) is 11.1 Å². The number of carbonyl (C=O) groups is 3. The first kappa shape index (κ1) is 18.1. The fourth-order valence-electron chi connectivity index (χ4n) is 2.25. The van der Waals surface area contributed by atoms with E-state index in [2.05, 4.69) is 4.74 Å². The Labute approximate surface area is 144 Å². The fourth-order valence-corrected chi connectivity index (χ4v) is 3.18. The monoisotopic (exact) mass is 349 g/mol. The Bertz CT molecular complexity index is 698. The Morgan fingerprint density at radius 3 is 2.75 bits per heavy atom. The van der Waals surface area contributed by atoms with Gasteiger partial charge in [0.05, 0.1) is 37.1 Å². The van der Waals surface area contributed by atoms with Crippen LogP contribution in [-0.2, 0) is 20.9 Å². The maximum absolute atomic E-state index is 12.2. The van der Waals surface area contributed by atoms with Crippen LogP contribution < -0.4 is 4.74 Å². The molecule has 1 aliphatic rings. The van der Waals surface area contributed by atoms with Gasteiger partial charge in [-0.15, -0.1) is 0 Å². The molecule has 0 spiro atoms. The third-order valence-electron chi connectivity index (χ3n) is 3.45. The smallest absolute Gasteiger partial charge is 0.333 e. The molecule has 2 rings (SSSR count). The van der Waals surface area contributed by atoms with Crippen LogP contribution in [0.1, 0.15) is 29.8 Å². The Morgan fingerprint density at radius 2 is 2.12 bits per heavy atom. The van der Waals surface area contributed by atoms with E-state index in [9.17, 15) is 14.4 Å². The molecule has 128 valence electrons. The van der Waals surface area contributed by atoms with Crippen molar-refractivity contribution in [2.45, 2.75) is 20.4 Å². The molecular formula is C17H19NO5S. The molecule has 0 aromatic heterocycles. The molecule has 0 aliphatic carbocycles. The molecule has 1 aromatic carbocycles. The van der Waals surface area contributed by atoms with Crippen molar-refractivity contribution < 1.29 is 23.9 Å². The van der Waals surface area contributed by atoms with E-state index in [0.29, 0.717) is 22.9 Å². The molecule has 1 fully saturated rings. The summed E-state index contributed by atoms with van der Waals surface area (Å²) >= 11 is 1.28. The summed E-state index contributed by atoms with van der Waals surface area (Å²) in [4.78, 5) is 36.7. The van der Waals surface area contributed by atoms with Gasteiger partial charge in [-0.25, -0.2) is 4.79 Å². The van der Waals surface area contributed by atoms with Gasteiger partial charge in [-0.3, -0.25) is 9.59 Å². The van der Waals surface area contributed by atoms with Crippen molar-refractivity contribution in [2.75, 3.05) is 19.5 Å². The number of Topliss-reactive ketones (excluding diaryl/α,β-unsaturated/α-hetero) is 1. The van der Waals surface area contributed by atoms with Gasteiger partial charge in [0.2, 0.25) is 5.91 Å². The van der Waals surface area contributed by atoms with Gasteiger partial charge in [0.25, 0.3) is 0 Å². The highest BCUT2D eigenvalue weighted by Gasteiger charge is 2.28. The van der Waals surface area contributed by atoms with E-state index in [1.165, 1.54) is 36.8 Å². The van der Waals surface area contributed by atoms with E-state index in [-0.39, 0.29) is 24.0 Å². The molecule has 1 aliphatic heterocycles. The van der Waals surface area contributed by atoms with Gasteiger partial charge in [0.15, 0.2) is 5.78 Å².